The predicted molar refractivity (Wildman–Crippen MR) is 69.3 cm³/mol. The van der Waals surface area contributed by atoms with Gasteiger partial charge in [-0.1, -0.05) is 0 Å². The van der Waals surface area contributed by atoms with Crippen LogP contribution in [0, 0.1) is 0 Å². The van der Waals surface area contributed by atoms with E-state index in [4.69, 9.17) is 5.73 Å². The molecule has 19 heavy (non-hydrogen) atoms. The molecule has 0 spiro atoms. The second-order valence-electron chi connectivity index (χ2n) is 4.37. The van der Waals surface area contributed by atoms with E-state index in [1.165, 1.54) is 5.01 Å². The molecule has 0 aromatic heterocycles. The zero-order chi connectivity index (χ0) is 13.8. The van der Waals surface area contributed by atoms with Gasteiger partial charge < -0.3 is 15.6 Å². The Bertz CT molecular complexity index is 522. The summed E-state index contributed by atoms with van der Waals surface area (Å²) in [5, 5.41) is 15.9. The summed E-state index contributed by atoms with van der Waals surface area (Å²) in [4.78, 5) is 22.1. The van der Waals surface area contributed by atoms with Crippen molar-refractivity contribution in [2.75, 3.05) is 10.7 Å². The van der Waals surface area contributed by atoms with Crippen molar-refractivity contribution in [3.63, 3.8) is 0 Å². The largest absolute Gasteiger partial charge is 0.550 e. The Balaban J connectivity index is 2.02. The molecule has 0 saturated heterocycles. The molecule has 2 N–H and O–H groups in total. The number of benzene rings is 1. The van der Waals surface area contributed by atoms with Gasteiger partial charge in [-0.2, -0.15) is 5.10 Å². The second kappa shape index (κ2) is 5.51. The van der Waals surface area contributed by atoms with Crippen LogP contribution in [0.3, 0.4) is 0 Å². The number of hydrazone groups is 1. The lowest BCUT2D eigenvalue weighted by molar-refractivity contribution is -0.305. The minimum absolute atomic E-state index is 0.0188. The highest BCUT2D eigenvalue weighted by Gasteiger charge is 2.24. The molecule has 1 aliphatic heterocycles. The first-order valence-electron chi connectivity index (χ1n) is 6.01. The molecule has 6 heteroatoms. The van der Waals surface area contributed by atoms with Gasteiger partial charge in [0.25, 0.3) is 5.91 Å². The lowest BCUT2D eigenvalue weighted by atomic mass is 10.1. The van der Waals surface area contributed by atoms with Gasteiger partial charge in [0.2, 0.25) is 0 Å². The zero-order valence-corrected chi connectivity index (χ0v) is 10.3. The smallest absolute Gasteiger partial charge is 0.253 e. The van der Waals surface area contributed by atoms with Crippen molar-refractivity contribution >= 4 is 29.0 Å². The van der Waals surface area contributed by atoms with E-state index >= 15 is 0 Å². The monoisotopic (exact) mass is 260 g/mol. The van der Waals surface area contributed by atoms with Gasteiger partial charge in [-0.15, -0.1) is 0 Å². The molecule has 1 heterocycles. The highest BCUT2D eigenvalue weighted by atomic mass is 16.4. The maximum atomic E-state index is 11.8. The lowest BCUT2D eigenvalue weighted by Crippen LogP contribution is -2.21. The minimum atomic E-state index is -1.08. The minimum Gasteiger partial charge on any atom is -0.550 e. The SMILES string of the molecule is Nc1ccc(N2N=C(CCCC(=O)[O-])CC2=O)cc1. The molecular weight excluding hydrogens is 246 g/mol. The number of aliphatic carboxylic acids is 1. The van der Waals surface area contributed by atoms with E-state index in [0.29, 0.717) is 29.9 Å². The topological polar surface area (TPSA) is 98.8 Å². The quantitative estimate of drug-likeness (QED) is 0.769. The van der Waals surface area contributed by atoms with Gasteiger partial charge in [0, 0.05) is 17.4 Å². The van der Waals surface area contributed by atoms with Gasteiger partial charge in [-0.05, 0) is 43.5 Å². The molecule has 0 bridgehead atoms. The Kier molecular flexibility index (Phi) is 3.79. The average Bonchev–Trinajstić information content (AvgIpc) is 2.71. The molecule has 1 aliphatic rings. The number of nitrogen functional groups attached to an aromatic ring is 1. The number of hydrogen-bond acceptors (Lipinski definition) is 5. The Morgan fingerprint density at radius 3 is 2.68 bits per heavy atom. The number of rotatable bonds is 5. The molecule has 100 valence electrons. The Hall–Kier alpha value is -2.37. The summed E-state index contributed by atoms with van der Waals surface area (Å²) >= 11 is 0. The van der Waals surface area contributed by atoms with Crippen LogP contribution >= 0.6 is 0 Å². The van der Waals surface area contributed by atoms with Gasteiger partial charge in [0.1, 0.15) is 0 Å². The molecule has 0 atom stereocenters. The summed E-state index contributed by atoms with van der Waals surface area (Å²) in [6.45, 7) is 0. The van der Waals surface area contributed by atoms with Crippen LogP contribution in [-0.4, -0.2) is 17.6 Å². The number of carbonyl (C=O) groups is 2. The van der Waals surface area contributed by atoms with Crippen molar-refractivity contribution in [3.8, 4) is 0 Å². The Labute approximate surface area is 110 Å². The average molecular weight is 260 g/mol. The fourth-order valence-electron chi connectivity index (χ4n) is 1.87. The Morgan fingerprint density at radius 2 is 2.05 bits per heavy atom. The third-order valence-corrected chi connectivity index (χ3v) is 2.82. The number of carboxylic acid groups (broad SMARTS) is 1. The van der Waals surface area contributed by atoms with Crippen molar-refractivity contribution < 1.29 is 14.7 Å². The first-order chi connectivity index (χ1) is 9.06. The van der Waals surface area contributed by atoms with Crippen molar-refractivity contribution in [2.24, 2.45) is 5.10 Å². The standard InChI is InChI=1S/C13H15N3O3/c14-9-4-6-11(7-5-9)16-12(17)8-10(15-16)2-1-3-13(18)19/h4-7H,1-3,8,14H2,(H,18,19)/p-1. The normalized spacial score (nSPS) is 14.6. The summed E-state index contributed by atoms with van der Waals surface area (Å²) in [6.07, 6.45) is 1.14. The number of carbonyl (C=O) groups excluding carboxylic acids is 2. The van der Waals surface area contributed by atoms with Gasteiger partial charge in [0.05, 0.1) is 12.1 Å². The molecule has 6 nitrogen and oxygen atoms in total. The molecule has 1 aromatic carbocycles. The van der Waals surface area contributed by atoms with Crippen LogP contribution in [0.15, 0.2) is 29.4 Å². The van der Waals surface area contributed by atoms with E-state index < -0.39 is 5.97 Å². The van der Waals surface area contributed by atoms with Crippen molar-refractivity contribution in [3.05, 3.63) is 24.3 Å². The molecule has 1 aromatic rings. The Morgan fingerprint density at radius 1 is 1.37 bits per heavy atom. The number of carboxylic acids is 1. The maximum Gasteiger partial charge on any atom is 0.253 e. The molecule has 0 radical (unpaired) electrons. The molecule has 0 saturated carbocycles. The van der Waals surface area contributed by atoms with Crippen molar-refractivity contribution in [2.45, 2.75) is 25.7 Å². The van der Waals surface area contributed by atoms with Crippen molar-refractivity contribution in [1.82, 2.24) is 0 Å². The summed E-state index contributed by atoms with van der Waals surface area (Å²) in [7, 11) is 0. The van der Waals surface area contributed by atoms with Crippen LogP contribution in [0.4, 0.5) is 11.4 Å². The first kappa shape index (κ1) is 13.1. The van der Waals surface area contributed by atoms with Gasteiger partial charge in [-0.25, -0.2) is 5.01 Å². The summed E-state index contributed by atoms with van der Waals surface area (Å²) in [5.74, 6) is -1.20. The first-order valence-corrected chi connectivity index (χ1v) is 6.01. The van der Waals surface area contributed by atoms with Crippen molar-refractivity contribution in [1.29, 1.82) is 0 Å². The highest BCUT2D eigenvalue weighted by molar-refractivity contribution is 6.13. The number of amides is 1. The van der Waals surface area contributed by atoms with Gasteiger partial charge >= 0.3 is 0 Å². The van der Waals surface area contributed by atoms with Gasteiger partial charge in [0.15, 0.2) is 0 Å². The summed E-state index contributed by atoms with van der Waals surface area (Å²) in [6, 6.07) is 6.85. The third kappa shape index (κ3) is 3.31. The lowest BCUT2D eigenvalue weighted by Gasteiger charge is -2.11. The molecular formula is C13H14N3O3-. The molecule has 2 rings (SSSR count). The summed E-state index contributed by atoms with van der Waals surface area (Å²) in [5.41, 5.74) is 7.56. The van der Waals surface area contributed by atoms with Crippen LogP contribution in [0.2, 0.25) is 0 Å². The van der Waals surface area contributed by atoms with E-state index in [1.54, 1.807) is 24.3 Å². The van der Waals surface area contributed by atoms with Crippen LogP contribution in [-0.2, 0) is 9.59 Å². The van der Waals surface area contributed by atoms with E-state index in [9.17, 15) is 14.7 Å². The van der Waals surface area contributed by atoms with Crippen LogP contribution in [0.5, 0.6) is 0 Å². The van der Waals surface area contributed by atoms with Crippen LogP contribution < -0.4 is 15.8 Å². The van der Waals surface area contributed by atoms with E-state index in [1.807, 2.05) is 0 Å². The van der Waals surface area contributed by atoms with E-state index in [-0.39, 0.29) is 18.7 Å². The molecule has 1 amide bonds. The number of nitrogens with zero attached hydrogens (tertiary/aromatic N) is 2. The molecule has 0 aliphatic carbocycles. The second-order valence-corrected chi connectivity index (χ2v) is 4.37. The third-order valence-electron chi connectivity index (χ3n) is 2.82. The number of nitrogens with two attached hydrogens (primary N) is 1. The zero-order valence-electron chi connectivity index (χ0n) is 10.3. The van der Waals surface area contributed by atoms with Crippen LogP contribution in [0.25, 0.3) is 0 Å². The number of hydrogen-bond donors (Lipinski definition) is 1. The molecule has 0 fully saturated rings. The fraction of sp³-hybridized carbons (Fsp3) is 0.308. The highest BCUT2D eigenvalue weighted by Crippen LogP contribution is 2.22. The maximum absolute atomic E-state index is 11.8. The number of anilines is 2. The fourth-order valence-corrected chi connectivity index (χ4v) is 1.87. The molecule has 0 unspecified atom stereocenters. The van der Waals surface area contributed by atoms with Crippen LogP contribution in [0.1, 0.15) is 25.7 Å². The van der Waals surface area contributed by atoms with Gasteiger partial charge in [-0.3, -0.25) is 4.79 Å². The summed E-state index contributed by atoms with van der Waals surface area (Å²) < 4.78 is 0. The van der Waals surface area contributed by atoms with E-state index in [0.717, 1.165) is 0 Å². The predicted octanol–water partition coefficient (Wildman–Crippen LogP) is 0.282. The van der Waals surface area contributed by atoms with E-state index in [2.05, 4.69) is 5.10 Å².